The van der Waals surface area contributed by atoms with E-state index in [0.29, 0.717) is 16.8 Å². The van der Waals surface area contributed by atoms with E-state index < -0.39 is 11.3 Å². The average molecular weight is 430 g/mol. The molecular formula is C17H11ClN3O3Y+2. The number of nitrogens with zero attached hydrogens (tertiary/aromatic N) is 1. The van der Waals surface area contributed by atoms with Crippen LogP contribution in [0.15, 0.2) is 41.3 Å². The van der Waals surface area contributed by atoms with Gasteiger partial charge in [0.15, 0.2) is 0 Å². The van der Waals surface area contributed by atoms with Crippen LogP contribution < -0.4 is 10.7 Å². The van der Waals surface area contributed by atoms with E-state index in [4.69, 9.17) is 11.6 Å². The molecule has 0 radical (unpaired) electrons. The molecule has 0 saturated carbocycles. The number of aromatic amines is 1. The Hall–Kier alpha value is -1.89. The number of hydrogen-bond acceptors (Lipinski definition) is 4. The molecule has 1 aromatic carbocycles. The van der Waals surface area contributed by atoms with Crippen LogP contribution in [0, 0.1) is 6.20 Å². The third kappa shape index (κ3) is 4.40. The average Bonchev–Trinajstić information content (AvgIpc) is 2.61. The van der Waals surface area contributed by atoms with E-state index >= 15 is 0 Å². The van der Waals surface area contributed by atoms with Crippen molar-refractivity contribution in [1.82, 2.24) is 15.3 Å². The SMILES string of the molecule is O=Cc1cc2c(=O)c(C(=O)NCc3ccc(Cl)cc3)c[nH]c2[c-]n1.[Y+3]. The minimum Gasteiger partial charge on any atom is -0.382 e. The number of rotatable bonds is 4. The van der Waals surface area contributed by atoms with Gasteiger partial charge in [-0.15, -0.1) is 6.07 Å². The third-order valence-corrected chi connectivity index (χ3v) is 3.69. The van der Waals surface area contributed by atoms with E-state index in [1.165, 1.54) is 12.3 Å². The van der Waals surface area contributed by atoms with Gasteiger partial charge in [0.05, 0.1) is 5.56 Å². The number of H-pyrrole nitrogens is 1. The molecule has 2 aromatic heterocycles. The molecule has 120 valence electrons. The Morgan fingerprint density at radius 1 is 1.32 bits per heavy atom. The Kier molecular flexibility index (Phi) is 6.59. The van der Waals surface area contributed by atoms with Gasteiger partial charge < -0.3 is 24.9 Å². The van der Waals surface area contributed by atoms with Crippen LogP contribution in [-0.4, -0.2) is 22.2 Å². The first kappa shape index (κ1) is 19.4. The summed E-state index contributed by atoms with van der Waals surface area (Å²) in [6.07, 6.45) is 4.38. The predicted octanol–water partition coefficient (Wildman–Crippen LogP) is 2.12. The molecular weight excluding hydrogens is 419 g/mol. The van der Waals surface area contributed by atoms with Crippen molar-refractivity contribution in [3.8, 4) is 0 Å². The number of fused-ring (bicyclic) bond motifs is 1. The number of benzene rings is 1. The largest absolute Gasteiger partial charge is 3.00 e. The predicted molar refractivity (Wildman–Crippen MR) is 89.2 cm³/mol. The molecule has 0 aliphatic carbocycles. The first-order chi connectivity index (χ1) is 11.6. The molecule has 3 aromatic rings. The zero-order valence-electron chi connectivity index (χ0n) is 12.9. The smallest absolute Gasteiger partial charge is 0.382 e. The van der Waals surface area contributed by atoms with E-state index in [-0.39, 0.29) is 55.9 Å². The summed E-state index contributed by atoms with van der Waals surface area (Å²) in [4.78, 5) is 42.0. The standard InChI is InChI=1S/C17H11ClN3O3.Y/c18-11-3-1-10(2-4-11)6-21-17(24)14-7-20-15-8-19-12(9-22)5-13(15)16(14)23;/h1-5,7,9H,6H2,(H,20,23)(H,21,24);/q-1;+3. The van der Waals surface area contributed by atoms with Crippen LogP contribution in [0.4, 0.5) is 0 Å². The van der Waals surface area contributed by atoms with Crippen molar-refractivity contribution in [2.45, 2.75) is 6.54 Å². The molecule has 1 amide bonds. The van der Waals surface area contributed by atoms with Crippen molar-refractivity contribution in [3.63, 3.8) is 0 Å². The topological polar surface area (TPSA) is 91.9 Å². The second kappa shape index (κ2) is 8.47. The normalized spacial score (nSPS) is 10.1. The molecule has 0 bridgehead atoms. The van der Waals surface area contributed by atoms with E-state index in [1.54, 1.807) is 24.3 Å². The van der Waals surface area contributed by atoms with Gasteiger partial charge in [-0.1, -0.05) is 35.3 Å². The molecule has 3 rings (SSSR count). The molecule has 2 N–H and O–H groups in total. The summed E-state index contributed by atoms with van der Waals surface area (Å²) < 4.78 is 0. The number of pyridine rings is 2. The number of halogens is 1. The van der Waals surface area contributed by atoms with Crippen LogP contribution in [-0.2, 0) is 39.3 Å². The maximum absolute atomic E-state index is 12.4. The van der Waals surface area contributed by atoms with Crippen LogP contribution in [0.5, 0.6) is 0 Å². The van der Waals surface area contributed by atoms with Gasteiger partial charge in [-0.2, -0.15) is 0 Å². The summed E-state index contributed by atoms with van der Waals surface area (Å²) in [6, 6.07) is 8.33. The number of carbonyl (C=O) groups excluding carboxylic acids is 2. The van der Waals surface area contributed by atoms with E-state index in [1.807, 2.05) is 0 Å². The Morgan fingerprint density at radius 2 is 2.04 bits per heavy atom. The monoisotopic (exact) mass is 429 g/mol. The number of nitrogens with one attached hydrogen (secondary N) is 2. The third-order valence-electron chi connectivity index (χ3n) is 3.44. The number of amides is 1. The number of carbonyl (C=O) groups is 2. The van der Waals surface area contributed by atoms with E-state index in [0.717, 1.165) is 5.56 Å². The van der Waals surface area contributed by atoms with Crippen molar-refractivity contribution >= 4 is 34.7 Å². The summed E-state index contributed by atoms with van der Waals surface area (Å²) in [5, 5.41) is 3.46. The van der Waals surface area contributed by atoms with Gasteiger partial charge >= 0.3 is 32.7 Å². The van der Waals surface area contributed by atoms with Crippen molar-refractivity contribution in [1.29, 1.82) is 0 Å². The van der Waals surface area contributed by atoms with Crippen LogP contribution in [0.25, 0.3) is 10.9 Å². The maximum atomic E-state index is 12.4. The molecule has 0 aliphatic heterocycles. The summed E-state index contributed by atoms with van der Waals surface area (Å²) >= 11 is 5.81. The van der Waals surface area contributed by atoms with Crippen LogP contribution >= 0.6 is 11.6 Å². The summed E-state index contributed by atoms with van der Waals surface area (Å²) in [5.74, 6) is -0.516. The Bertz CT molecular complexity index is 987. The fraction of sp³-hybridized carbons (Fsp3) is 0.0588. The van der Waals surface area contributed by atoms with Gasteiger partial charge in [-0.3, -0.25) is 4.79 Å². The summed E-state index contributed by atoms with van der Waals surface area (Å²) in [5.41, 5.74) is 0.726. The van der Waals surface area contributed by atoms with Crippen LogP contribution in [0.1, 0.15) is 26.4 Å². The van der Waals surface area contributed by atoms with E-state index in [2.05, 4.69) is 21.5 Å². The van der Waals surface area contributed by atoms with E-state index in [9.17, 15) is 14.4 Å². The van der Waals surface area contributed by atoms with Crippen molar-refractivity contribution in [2.24, 2.45) is 0 Å². The van der Waals surface area contributed by atoms with Gasteiger partial charge in [0.1, 0.15) is 11.7 Å². The van der Waals surface area contributed by atoms with Gasteiger partial charge in [0.25, 0.3) is 5.91 Å². The first-order valence-corrected chi connectivity index (χ1v) is 7.38. The summed E-state index contributed by atoms with van der Waals surface area (Å²) in [6.45, 7) is 0.259. The fourth-order valence-corrected chi connectivity index (χ4v) is 2.31. The maximum Gasteiger partial charge on any atom is 3.00 e. The molecule has 0 aliphatic rings. The van der Waals surface area contributed by atoms with Gasteiger partial charge in [-0.25, -0.2) is 0 Å². The summed E-state index contributed by atoms with van der Waals surface area (Å²) in [7, 11) is 0. The molecule has 0 spiro atoms. The minimum atomic E-state index is -0.516. The zero-order valence-corrected chi connectivity index (χ0v) is 16.5. The second-order valence-corrected chi connectivity index (χ2v) is 5.48. The van der Waals surface area contributed by atoms with Crippen LogP contribution in [0.3, 0.4) is 0 Å². The molecule has 0 fully saturated rings. The number of hydrogen-bond donors (Lipinski definition) is 2. The molecule has 0 saturated heterocycles. The number of aromatic nitrogens is 2. The van der Waals surface area contributed by atoms with Crippen molar-refractivity contribution in [3.05, 3.63) is 74.8 Å². The van der Waals surface area contributed by atoms with Gasteiger partial charge in [0, 0.05) is 17.8 Å². The molecule has 2 heterocycles. The Balaban J connectivity index is 0.00000225. The van der Waals surface area contributed by atoms with Gasteiger partial charge in [0.2, 0.25) is 0 Å². The zero-order chi connectivity index (χ0) is 17.1. The minimum absolute atomic E-state index is 0. The second-order valence-electron chi connectivity index (χ2n) is 5.04. The fourth-order valence-electron chi connectivity index (χ4n) is 2.19. The quantitative estimate of drug-likeness (QED) is 0.491. The number of aldehydes is 1. The first-order valence-electron chi connectivity index (χ1n) is 7.00. The molecule has 0 atom stereocenters. The molecule has 25 heavy (non-hydrogen) atoms. The molecule has 0 unspecified atom stereocenters. The van der Waals surface area contributed by atoms with Crippen LogP contribution in [0.2, 0.25) is 5.02 Å². The van der Waals surface area contributed by atoms with Gasteiger partial charge in [-0.05, 0) is 28.9 Å². The van der Waals surface area contributed by atoms with Crippen molar-refractivity contribution in [2.75, 3.05) is 0 Å². The molecule has 8 heteroatoms. The Morgan fingerprint density at radius 3 is 2.72 bits per heavy atom. The Labute approximate surface area is 172 Å². The molecule has 6 nitrogen and oxygen atoms in total. The van der Waals surface area contributed by atoms with Crippen molar-refractivity contribution < 1.29 is 42.3 Å².